The summed E-state index contributed by atoms with van der Waals surface area (Å²) in [5.41, 5.74) is 0.976. The van der Waals surface area contributed by atoms with Crippen molar-refractivity contribution in [3.05, 3.63) is 24.3 Å². The third-order valence-electron chi connectivity index (χ3n) is 1.96. The van der Waals surface area contributed by atoms with Gasteiger partial charge in [-0.2, -0.15) is 0 Å². The molecule has 3 nitrogen and oxygen atoms in total. The molecule has 0 aromatic heterocycles. The Morgan fingerprint density at radius 2 is 2.14 bits per heavy atom. The van der Waals surface area contributed by atoms with Crippen LogP contribution in [0.15, 0.2) is 24.3 Å². The van der Waals surface area contributed by atoms with E-state index >= 15 is 0 Å². The molecule has 0 saturated carbocycles. The maximum Gasteiger partial charge on any atom is 0.117 e. The van der Waals surface area contributed by atoms with Gasteiger partial charge in [0.15, 0.2) is 0 Å². The molecule has 1 aromatic rings. The van der Waals surface area contributed by atoms with Crippen molar-refractivity contribution in [1.82, 2.24) is 4.90 Å². The van der Waals surface area contributed by atoms with Crippen molar-refractivity contribution in [2.75, 3.05) is 32.5 Å². The number of rotatable bonds is 5. The van der Waals surface area contributed by atoms with Crippen LogP contribution in [0.3, 0.4) is 0 Å². The molecule has 0 fully saturated rings. The van der Waals surface area contributed by atoms with Crippen LogP contribution in [0, 0.1) is 0 Å². The minimum Gasteiger partial charge on any atom is -0.508 e. The van der Waals surface area contributed by atoms with Gasteiger partial charge in [0.25, 0.3) is 0 Å². The molecule has 0 unspecified atom stereocenters. The van der Waals surface area contributed by atoms with Gasteiger partial charge in [-0.05, 0) is 39.2 Å². The predicted octanol–water partition coefficient (Wildman–Crippen LogP) is 1.76. The largest absolute Gasteiger partial charge is 0.508 e. The van der Waals surface area contributed by atoms with E-state index in [0.29, 0.717) is 5.75 Å². The van der Waals surface area contributed by atoms with Gasteiger partial charge in [-0.3, -0.25) is 0 Å². The summed E-state index contributed by atoms with van der Waals surface area (Å²) in [6.07, 6.45) is 1.10. The van der Waals surface area contributed by atoms with E-state index in [-0.39, 0.29) is 0 Å². The number of phenolic OH excluding ortho intramolecular Hbond substituents is 1. The summed E-state index contributed by atoms with van der Waals surface area (Å²) in [6, 6.07) is 7.19. The summed E-state index contributed by atoms with van der Waals surface area (Å²) in [5, 5.41) is 12.5. The Kier molecular flexibility index (Phi) is 4.26. The Morgan fingerprint density at radius 3 is 2.79 bits per heavy atom. The molecule has 0 aliphatic heterocycles. The van der Waals surface area contributed by atoms with Gasteiger partial charge in [0.1, 0.15) is 5.75 Å². The van der Waals surface area contributed by atoms with Crippen molar-refractivity contribution in [2.45, 2.75) is 6.42 Å². The zero-order valence-corrected chi connectivity index (χ0v) is 8.83. The number of hydrogen-bond donors (Lipinski definition) is 2. The van der Waals surface area contributed by atoms with Crippen molar-refractivity contribution in [3.8, 4) is 5.75 Å². The first-order chi connectivity index (χ1) is 6.68. The van der Waals surface area contributed by atoms with E-state index in [1.807, 2.05) is 12.1 Å². The molecule has 0 aliphatic rings. The first-order valence-electron chi connectivity index (χ1n) is 4.86. The lowest BCUT2D eigenvalue weighted by atomic mass is 10.3. The zero-order valence-electron chi connectivity index (χ0n) is 8.83. The number of hydrogen-bond acceptors (Lipinski definition) is 3. The monoisotopic (exact) mass is 194 g/mol. The average molecular weight is 194 g/mol. The number of nitrogens with zero attached hydrogens (tertiary/aromatic N) is 1. The highest BCUT2D eigenvalue weighted by molar-refractivity contribution is 5.47. The molecular weight excluding hydrogens is 176 g/mol. The van der Waals surface area contributed by atoms with Gasteiger partial charge in [0.2, 0.25) is 0 Å². The minimum atomic E-state index is 0.308. The number of benzene rings is 1. The molecule has 1 aromatic carbocycles. The van der Waals surface area contributed by atoms with E-state index < -0.39 is 0 Å². The van der Waals surface area contributed by atoms with E-state index in [2.05, 4.69) is 24.3 Å². The first-order valence-corrected chi connectivity index (χ1v) is 4.86. The van der Waals surface area contributed by atoms with Gasteiger partial charge in [-0.25, -0.2) is 0 Å². The molecule has 0 bridgehead atoms. The Labute approximate surface area is 85.4 Å². The number of phenols is 1. The van der Waals surface area contributed by atoms with E-state index in [1.54, 1.807) is 12.1 Å². The van der Waals surface area contributed by atoms with Crippen molar-refractivity contribution >= 4 is 5.69 Å². The van der Waals surface area contributed by atoms with Crippen LogP contribution in [0.1, 0.15) is 6.42 Å². The van der Waals surface area contributed by atoms with Crippen LogP contribution >= 0.6 is 0 Å². The van der Waals surface area contributed by atoms with Gasteiger partial charge in [-0.1, -0.05) is 6.07 Å². The number of anilines is 1. The quantitative estimate of drug-likeness (QED) is 0.701. The van der Waals surface area contributed by atoms with Crippen molar-refractivity contribution in [3.63, 3.8) is 0 Å². The molecule has 0 amide bonds. The molecule has 0 saturated heterocycles. The summed E-state index contributed by atoms with van der Waals surface area (Å²) < 4.78 is 0. The molecule has 0 spiro atoms. The molecule has 14 heavy (non-hydrogen) atoms. The summed E-state index contributed by atoms with van der Waals surface area (Å²) in [6.45, 7) is 2.01. The van der Waals surface area contributed by atoms with Crippen LogP contribution in [-0.4, -0.2) is 37.2 Å². The number of aromatic hydroxyl groups is 1. The van der Waals surface area contributed by atoms with Gasteiger partial charge in [0, 0.05) is 18.3 Å². The summed E-state index contributed by atoms with van der Waals surface area (Å²) in [7, 11) is 4.13. The van der Waals surface area contributed by atoms with Crippen LogP contribution < -0.4 is 5.32 Å². The van der Waals surface area contributed by atoms with Crippen LogP contribution in [-0.2, 0) is 0 Å². The highest BCUT2D eigenvalue weighted by atomic mass is 16.3. The fourth-order valence-corrected chi connectivity index (χ4v) is 1.24. The van der Waals surface area contributed by atoms with Crippen LogP contribution in [0.2, 0.25) is 0 Å². The highest BCUT2D eigenvalue weighted by Gasteiger charge is 1.93. The second kappa shape index (κ2) is 5.50. The molecule has 0 atom stereocenters. The predicted molar refractivity (Wildman–Crippen MR) is 59.8 cm³/mol. The van der Waals surface area contributed by atoms with E-state index in [4.69, 9.17) is 0 Å². The molecule has 0 radical (unpaired) electrons. The topological polar surface area (TPSA) is 35.5 Å². The maximum atomic E-state index is 9.21. The van der Waals surface area contributed by atoms with Crippen LogP contribution in [0.4, 0.5) is 5.69 Å². The third kappa shape index (κ3) is 4.14. The second-order valence-electron chi connectivity index (χ2n) is 3.63. The molecule has 0 heterocycles. The summed E-state index contributed by atoms with van der Waals surface area (Å²) in [4.78, 5) is 2.16. The fourth-order valence-electron chi connectivity index (χ4n) is 1.24. The second-order valence-corrected chi connectivity index (χ2v) is 3.63. The fraction of sp³-hybridized carbons (Fsp3) is 0.455. The Balaban J connectivity index is 2.25. The zero-order chi connectivity index (χ0) is 10.4. The molecule has 0 aliphatic carbocycles. The van der Waals surface area contributed by atoms with Crippen molar-refractivity contribution < 1.29 is 5.11 Å². The summed E-state index contributed by atoms with van der Waals surface area (Å²) >= 11 is 0. The van der Waals surface area contributed by atoms with Crippen LogP contribution in [0.5, 0.6) is 5.75 Å². The first kappa shape index (κ1) is 10.9. The number of nitrogens with one attached hydrogen (secondary N) is 1. The maximum absolute atomic E-state index is 9.21. The Morgan fingerprint density at radius 1 is 1.36 bits per heavy atom. The Hall–Kier alpha value is -1.22. The molecular formula is C11H18N2O. The highest BCUT2D eigenvalue weighted by Crippen LogP contribution is 2.14. The molecule has 78 valence electrons. The van der Waals surface area contributed by atoms with E-state index in [0.717, 1.165) is 25.2 Å². The average Bonchev–Trinajstić information content (AvgIpc) is 2.12. The lowest BCUT2D eigenvalue weighted by molar-refractivity contribution is 0.405. The normalized spacial score (nSPS) is 10.5. The standard InChI is InChI=1S/C11H18N2O/c1-13(2)8-4-7-12-10-5-3-6-11(14)9-10/h3,5-6,9,12,14H,4,7-8H2,1-2H3. The van der Waals surface area contributed by atoms with Crippen molar-refractivity contribution in [1.29, 1.82) is 0 Å². The van der Waals surface area contributed by atoms with E-state index in [9.17, 15) is 5.11 Å². The lowest BCUT2D eigenvalue weighted by Gasteiger charge is -2.10. The molecule has 1 rings (SSSR count). The van der Waals surface area contributed by atoms with Gasteiger partial charge in [0.05, 0.1) is 0 Å². The summed E-state index contributed by atoms with van der Waals surface area (Å²) in [5.74, 6) is 0.308. The molecule has 2 N–H and O–H groups in total. The Bertz CT molecular complexity index is 274. The van der Waals surface area contributed by atoms with Gasteiger partial charge >= 0.3 is 0 Å². The van der Waals surface area contributed by atoms with Gasteiger partial charge in [-0.15, -0.1) is 0 Å². The smallest absolute Gasteiger partial charge is 0.117 e. The molecule has 3 heteroatoms. The SMILES string of the molecule is CN(C)CCCNc1cccc(O)c1. The van der Waals surface area contributed by atoms with Crippen molar-refractivity contribution in [2.24, 2.45) is 0 Å². The van der Waals surface area contributed by atoms with E-state index in [1.165, 1.54) is 0 Å². The third-order valence-corrected chi connectivity index (χ3v) is 1.96. The minimum absolute atomic E-state index is 0.308. The lowest BCUT2D eigenvalue weighted by Crippen LogP contribution is -2.16. The van der Waals surface area contributed by atoms with Gasteiger partial charge < -0.3 is 15.3 Å². The van der Waals surface area contributed by atoms with Crippen LogP contribution in [0.25, 0.3) is 0 Å².